The molecule has 6 heteroatoms. The van der Waals surface area contributed by atoms with Crippen LogP contribution in [0.1, 0.15) is 18.1 Å². The van der Waals surface area contributed by atoms with Crippen molar-refractivity contribution in [1.82, 2.24) is 4.72 Å². The van der Waals surface area contributed by atoms with Crippen LogP contribution in [0.4, 0.5) is 0 Å². The molecular formula is C26H33N3O2S+2. The van der Waals surface area contributed by atoms with Gasteiger partial charge in [-0.1, -0.05) is 78.9 Å². The second kappa shape index (κ2) is 9.96. The molecule has 0 bridgehead atoms. The molecule has 0 unspecified atom stereocenters. The SMILES string of the molecule is C[C@@](CNS(=O)(=O)c1ccccc1)(c1ccccc1)[NH+]1CC[NH+](Cc2ccccc2)CC1. The van der Waals surface area contributed by atoms with Gasteiger partial charge in [0.1, 0.15) is 38.3 Å². The number of rotatable bonds is 8. The molecule has 1 heterocycles. The second-order valence-electron chi connectivity index (χ2n) is 8.85. The minimum atomic E-state index is -3.56. The van der Waals surface area contributed by atoms with Crippen molar-refractivity contribution in [2.24, 2.45) is 0 Å². The van der Waals surface area contributed by atoms with Gasteiger partial charge in [0.25, 0.3) is 0 Å². The standard InChI is InChI=1S/C26H31N3O2S/c1-26(24-13-7-3-8-14-24,22-27-32(30,31)25-15-9-4-10-16-25)29-19-17-28(18-20-29)21-23-11-5-2-6-12-23/h2-16,27H,17-22H2,1H3/p+2/t26-/m1/s1. The van der Waals surface area contributed by atoms with E-state index in [4.69, 9.17) is 0 Å². The van der Waals surface area contributed by atoms with E-state index in [9.17, 15) is 8.42 Å². The smallest absolute Gasteiger partial charge is 0.240 e. The molecule has 0 spiro atoms. The lowest BCUT2D eigenvalue weighted by atomic mass is 9.89. The molecule has 1 saturated heterocycles. The molecule has 3 N–H and O–H groups in total. The molecule has 4 rings (SSSR count). The highest BCUT2D eigenvalue weighted by Gasteiger charge is 2.41. The van der Waals surface area contributed by atoms with E-state index in [2.05, 4.69) is 54.1 Å². The maximum absolute atomic E-state index is 12.9. The van der Waals surface area contributed by atoms with Crippen LogP contribution in [0, 0.1) is 0 Å². The predicted octanol–water partition coefficient (Wildman–Crippen LogP) is 0.864. The Hall–Kier alpha value is -2.51. The molecule has 32 heavy (non-hydrogen) atoms. The summed E-state index contributed by atoms with van der Waals surface area (Å²) < 4.78 is 28.8. The van der Waals surface area contributed by atoms with Crippen molar-refractivity contribution < 1.29 is 18.2 Å². The normalized spacial score (nSPS) is 21.0. The summed E-state index contributed by atoms with van der Waals surface area (Å²) in [4.78, 5) is 3.32. The van der Waals surface area contributed by atoms with Gasteiger partial charge in [-0.2, -0.15) is 0 Å². The molecule has 0 radical (unpaired) electrons. The first-order valence-electron chi connectivity index (χ1n) is 11.3. The lowest BCUT2D eigenvalue weighted by Gasteiger charge is -2.42. The van der Waals surface area contributed by atoms with Crippen molar-refractivity contribution in [2.75, 3.05) is 32.7 Å². The molecular weight excluding hydrogens is 418 g/mol. The van der Waals surface area contributed by atoms with Crippen LogP contribution in [-0.4, -0.2) is 41.1 Å². The molecule has 1 aliphatic rings. The molecule has 0 aliphatic carbocycles. The van der Waals surface area contributed by atoms with Gasteiger partial charge in [0.15, 0.2) is 0 Å². The lowest BCUT2D eigenvalue weighted by molar-refractivity contribution is -1.05. The summed E-state index contributed by atoms with van der Waals surface area (Å²) in [5.74, 6) is 0. The third-order valence-electron chi connectivity index (χ3n) is 6.72. The number of nitrogens with one attached hydrogen (secondary N) is 3. The molecule has 168 valence electrons. The highest BCUT2D eigenvalue weighted by molar-refractivity contribution is 7.89. The van der Waals surface area contributed by atoms with Crippen LogP contribution in [0.25, 0.3) is 0 Å². The molecule has 1 aliphatic heterocycles. The molecule has 3 aromatic rings. The Morgan fingerprint density at radius 2 is 1.31 bits per heavy atom. The van der Waals surface area contributed by atoms with Crippen LogP contribution in [0.2, 0.25) is 0 Å². The maximum atomic E-state index is 12.9. The van der Waals surface area contributed by atoms with Gasteiger partial charge in [0.05, 0.1) is 11.4 Å². The number of hydrogen-bond donors (Lipinski definition) is 3. The Kier molecular flexibility index (Phi) is 7.06. The summed E-state index contributed by atoms with van der Waals surface area (Å²) in [7, 11) is -3.56. The van der Waals surface area contributed by atoms with Gasteiger partial charge >= 0.3 is 0 Å². The molecule has 0 amide bonds. The fourth-order valence-corrected chi connectivity index (χ4v) is 5.84. The summed E-state index contributed by atoms with van der Waals surface area (Å²) >= 11 is 0. The molecule has 1 atom stereocenters. The van der Waals surface area contributed by atoms with E-state index in [1.807, 2.05) is 24.3 Å². The molecule has 0 saturated carbocycles. The highest BCUT2D eigenvalue weighted by Crippen LogP contribution is 2.18. The Morgan fingerprint density at radius 3 is 1.91 bits per heavy atom. The van der Waals surface area contributed by atoms with E-state index in [1.165, 1.54) is 10.5 Å². The molecule has 3 aromatic carbocycles. The average Bonchev–Trinajstić information content (AvgIpc) is 2.85. The second-order valence-corrected chi connectivity index (χ2v) is 10.6. The van der Waals surface area contributed by atoms with Crippen molar-refractivity contribution in [3.05, 3.63) is 102 Å². The summed E-state index contributed by atoms with van der Waals surface area (Å²) in [6.45, 7) is 7.72. The first-order valence-corrected chi connectivity index (χ1v) is 12.8. The summed E-state index contributed by atoms with van der Waals surface area (Å²) in [5, 5.41) is 0. The summed E-state index contributed by atoms with van der Waals surface area (Å²) in [6, 6.07) is 29.6. The summed E-state index contributed by atoms with van der Waals surface area (Å²) in [5.41, 5.74) is 2.19. The van der Waals surface area contributed by atoms with Crippen molar-refractivity contribution in [3.63, 3.8) is 0 Å². The summed E-state index contributed by atoms with van der Waals surface area (Å²) in [6.07, 6.45) is 0. The average molecular weight is 452 g/mol. The first-order chi connectivity index (χ1) is 15.5. The lowest BCUT2D eigenvalue weighted by Crippen LogP contribution is -3.30. The minimum Gasteiger partial charge on any atom is -0.322 e. The van der Waals surface area contributed by atoms with Gasteiger partial charge in [-0.05, 0) is 19.1 Å². The van der Waals surface area contributed by atoms with Gasteiger partial charge in [0, 0.05) is 11.1 Å². The van der Waals surface area contributed by atoms with E-state index in [1.54, 1.807) is 29.2 Å². The van der Waals surface area contributed by atoms with Crippen LogP contribution >= 0.6 is 0 Å². The fourth-order valence-electron chi connectivity index (χ4n) is 4.68. The zero-order valence-corrected chi connectivity index (χ0v) is 19.4. The van der Waals surface area contributed by atoms with E-state index in [0.717, 1.165) is 38.3 Å². The quantitative estimate of drug-likeness (QED) is 0.476. The van der Waals surface area contributed by atoms with Gasteiger partial charge in [0.2, 0.25) is 10.0 Å². The van der Waals surface area contributed by atoms with Crippen LogP contribution < -0.4 is 14.5 Å². The van der Waals surface area contributed by atoms with E-state index < -0.39 is 10.0 Å². The molecule has 0 aromatic heterocycles. The highest BCUT2D eigenvalue weighted by atomic mass is 32.2. The van der Waals surface area contributed by atoms with Crippen LogP contribution in [0.15, 0.2) is 95.9 Å². The molecule has 1 fully saturated rings. The topological polar surface area (TPSA) is 55.0 Å². The van der Waals surface area contributed by atoms with Crippen molar-refractivity contribution in [1.29, 1.82) is 0 Å². The van der Waals surface area contributed by atoms with Crippen molar-refractivity contribution in [3.8, 4) is 0 Å². The number of piperazine rings is 1. The van der Waals surface area contributed by atoms with Gasteiger partial charge in [-0.3, -0.25) is 0 Å². The Bertz CT molecular complexity index is 1080. The Labute approximate surface area is 191 Å². The minimum absolute atomic E-state index is 0.308. The fraction of sp³-hybridized carbons (Fsp3) is 0.308. The number of hydrogen-bond acceptors (Lipinski definition) is 2. The van der Waals surface area contributed by atoms with E-state index in [0.29, 0.717) is 11.4 Å². The Morgan fingerprint density at radius 1 is 0.781 bits per heavy atom. The third-order valence-corrected chi connectivity index (χ3v) is 8.14. The van der Waals surface area contributed by atoms with Gasteiger partial charge < -0.3 is 9.80 Å². The zero-order chi connectivity index (χ0) is 22.4. The monoisotopic (exact) mass is 451 g/mol. The van der Waals surface area contributed by atoms with Crippen LogP contribution in [0.5, 0.6) is 0 Å². The Balaban J connectivity index is 1.49. The van der Waals surface area contributed by atoms with E-state index >= 15 is 0 Å². The maximum Gasteiger partial charge on any atom is 0.240 e. The van der Waals surface area contributed by atoms with Crippen molar-refractivity contribution >= 4 is 10.0 Å². The molecule has 5 nitrogen and oxygen atoms in total. The van der Waals surface area contributed by atoms with Gasteiger partial charge in [-0.15, -0.1) is 0 Å². The van der Waals surface area contributed by atoms with Crippen LogP contribution in [0.3, 0.4) is 0 Å². The largest absolute Gasteiger partial charge is 0.322 e. The number of quaternary nitrogens is 2. The number of sulfonamides is 1. The van der Waals surface area contributed by atoms with E-state index in [-0.39, 0.29) is 5.54 Å². The number of benzene rings is 3. The first kappa shape index (κ1) is 22.7. The zero-order valence-electron chi connectivity index (χ0n) is 18.6. The third kappa shape index (κ3) is 5.27. The van der Waals surface area contributed by atoms with Crippen molar-refractivity contribution in [2.45, 2.75) is 23.9 Å². The van der Waals surface area contributed by atoms with Crippen LogP contribution in [-0.2, 0) is 22.1 Å². The van der Waals surface area contributed by atoms with Gasteiger partial charge in [-0.25, -0.2) is 13.1 Å². The predicted molar refractivity (Wildman–Crippen MR) is 127 cm³/mol.